The highest BCUT2D eigenvalue weighted by molar-refractivity contribution is 6.31. The first-order valence-electron chi connectivity index (χ1n) is 7.05. The van der Waals surface area contributed by atoms with E-state index in [1.165, 1.54) is 0 Å². The summed E-state index contributed by atoms with van der Waals surface area (Å²) in [4.78, 5) is 4.78. The van der Waals surface area contributed by atoms with Crippen LogP contribution in [0, 0.1) is 13.8 Å². The first-order chi connectivity index (χ1) is 10.1. The molecule has 0 unspecified atom stereocenters. The summed E-state index contributed by atoms with van der Waals surface area (Å²) < 4.78 is 2.14. The maximum absolute atomic E-state index is 6.14. The minimum Gasteiger partial charge on any atom is -0.330 e. The van der Waals surface area contributed by atoms with Crippen LogP contribution in [0.3, 0.4) is 0 Å². The van der Waals surface area contributed by atoms with Crippen LogP contribution < -0.4 is 5.73 Å². The second-order valence-electron chi connectivity index (χ2n) is 5.29. The normalized spacial score (nSPS) is 11.2. The van der Waals surface area contributed by atoms with E-state index in [9.17, 15) is 0 Å². The highest BCUT2D eigenvalue weighted by atomic mass is 35.5. The van der Waals surface area contributed by atoms with E-state index in [2.05, 4.69) is 29.7 Å². The van der Waals surface area contributed by atoms with E-state index in [4.69, 9.17) is 22.3 Å². The molecule has 2 aromatic heterocycles. The molecular weight excluding hydrogens is 282 g/mol. The van der Waals surface area contributed by atoms with Crippen molar-refractivity contribution in [3.63, 3.8) is 0 Å². The second kappa shape index (κ2) is 5.51. The van der Waals surface area contributed by atoms with Gasteiger partial charge in [-0.05, 0) is 49.7 Å². The van der Waals surface area contributed by atoms with Crippen LogP contribution in [0.2, 0.25) is 5.02 Å². The second-order valence-corrected chi connectivity index (χ2v) is 5.70. The monoisotopic (exact) mass is 299 g/mol. The Labute approximate surface area is 129 Å². The minimum atomic E-state index is 0.586. The molecule has 108 valence electrons. The maximum atomic E-state index is 6.14. The predicted molar refractivity (Wildman–Crippen MR) is 87.9 cm³/mol. The van der Waals surface area contributed by atoms with Crippen molar-refractivity contribution in [3.8, 4) is 11.3 Å². The minimum absolute atomic E-state index is 0.586. The van der Waals surface area contributed by atoms with Crippen molar-refractivity contribution in [1.82, 2.24) is 9.38 Å². The van der Waals surface area contributed by atoms with Gasteiger partial charge >= 0.3 is 0 Å². The van der Waals surface area contributed by atoms with Crippen molar-refractivity contribution in [3.05, 3.63) is 58.4 Å². The summed E-state index contributed by atoms with van der Waals surface area (Å²) in [5.41, 5.74) is 12.2. The fraction of sp³-hybridized carbons (Fsp3) is 0.235. The van der Waals surface area contributed by atoms with Gasteiger partial charge in [-0.2, -0.15) is 0 Å². The van der Waals surface area contributed by atoms with E-state index >= 15 is 0 Å². The van der Waals surface area contributed by atoms with Crippen molar-refractivity contribution in [2.75, 3.05) is 6.54 Å². The number of aromatic nitrogens is 2. The van der Waals surface area contributed by atoms with Gasteiger partial charge in [0.2, 0.25) is 0 Å². The number of hydrogen-bond donors (Lipinski definition) is 1. The Balaban J connectivity index is 2.30. The third-order valence-corrected chi connectivity index (χ3v) is 4.15. The summed E-state index contributed by atoms with van der Waals surface area (Å²) >= 11 is 6.14. The lowest BCUT2D eigenvalue weighted by molar-refractivity contribution is 0.939. The Kier molecular flexibility index (Phi) is 3.70. The predicted octanol–water partition coefficient (Wildman–Crippen LogP) is 3.77. The van der Waals surface area contributed by atoms with Gasteiger partial charge in [0.05, 0.1) is 11.4 Å². The van der Waals surface area contributed by atoms with Crippen molar-refractivity contribution >= 4 is 17.2 Å². The molecule has 2 heterocycles. The quantitative estimate of drug-likeness (QED) is 0.800. The highest BCUT2D eigenvalue weighted by Crippen LogP contribution is 2.29. The van der Waals surface area contributed by atoms with Gasteiger partial charge in [0.15, 0.2) is 0 Å². The number of aryl methyl sites for hydroxylation is 2. The largest absolute Gasteiger partial charge is 0.330 e. The molecule has 0 saturated carbocycles. The van der Waals surface area contributed by atoms with Gasteiger partial charge < -0.3 is 5.73 Å². The maximum Gasteiger partial charge on any atom is 0.140 e. The van der Waals surface area contributed by atoms with E-state index in [1.54, 1.807) is 0 Å². The fourth-order valence-corrected chi connectivity index (χ4v) is 2.78. The molecule has 3 aromatic rings. The number of halogens is 1. The fourth-order valence-electron chi connectivity index (χ4n) is 2.66. The number of imidazole rings is 1. The van der Waals surface area contributed by atoms with Gasteiger partial charge in [-0.25, -0.2) is 4.98 Å². The zero-order valence-corrected chi connectivity index (χ0v) is 13.0. The van der Waals surface area contributed by atoms with E-state index in [0.717, 1.165) is 45.2 Å². The first kappa shape index (κ1) is 14.1. The summed E-state index contributed by atoms with van der Waals surface area (Å²) in [7, 11) is 0. The standard InChI is InChI=1S/C17H18ClN3/c1-11-4-3-9-21-16(15(7-8-19)20-17(11)21)13-5-6-14(18)12(2)10-13/h3-6,9-10H,7-8,19H2,1-2H3. The summed E-state index contributed by atoms with van der Waals surface area (Å²) in [6, 6.07) is 10.2. The Morgan fingerprint density at radius 1 is 1.19 bits per heavy atom. The van der Waals surface area contributed by atoms with Crippen LogP contribution in [-0.2, 0) is 6.42 Å². The van der Waals surface area contributed by atoms with Crippen molar-refractivity contribution in [1.29, 1.82) is 0 Å². The summed E-state index contributed by atoms with van der Waals surface area (Å²) in [5.74, 6) is 0. The van der Waals surface area contributed by atoms with Gasteiger partial charge in [0, 0.05) is 23.2 Å². The van der Waals surface area contributed by atoms with Crippen LogP contribution in [0.4, 0.5) is 0 Å². The zero-order chi connectivity index (χ0) is 15.0. The van der Waals surface area contributed by atoms with E-state index in [0.29, 0.717) is 6.54 Å². The lowest BCUT2D eigenvalue weighted by atomic mass is 10.1. The number of pyridine rings is 1. The molecule has 0 spiro atoms. The van der Waals surface area contributed by atoms with Crippen LogP contribution in [-0.4, -0.2) is 15.9 Å². The van der Waals surface area contributed by atoms with Crippen LogP contribution in [0.5, 0.6) is 0 Å². The third-order valence-electron chi connectivity index (χ3n) is 3.73. The molecule has 0 bridgehead atoms. The zero-order valence-electron chi connectivity index (χ0n) is 12.2. The average molecular weight is 300 g/mol. The van der Waals surface area contributed by atoms with Crippen LogP contribution in [0.15, 0.2) is 36.5 Å². The topological polar surface area (TPSA) is 43.3 Å². The van der Waals surface area contributed by atoms with E-state index in [1.807, 2.05) is 25.1 Å². The molecule has 3 nitrogen and oxygen atoms in total. The molecule has 0 aliphatic heterocycles. The van der Waals surface area contributed by atoms with E-state index < -0.39 is 0 Å². The average Bonchev–Trinajstić information content (AvgIpc) is 2.82. The molecule has 1 aromatic carbocycles. The van der Waals surface area contributed by atoms with Gasteiger partial charge in [0.25, 0.3) is 0 Å². The molecule has 0 amide bonds. The Morgan fingerprint density at radius 3 is 2.71 bits per heavy atom. The lowest BCUT2D eigenvalue weighted by Gasteiger charge is -2.07. The molecule has 4 heteroatoms. The van der Waals surface area contributed by atoms with Crippen molar-refractivity contribution in [2.24, 2.45) is 5.73 Å². The number of hydrogen-bond acceptors (Lipinski definition) is 2. The number of rotatable bonds is 3. The number of fused-ring (bicyclic) bond motifs is 1. The summed E-state index contributed by atoms with van der Waals surface area (Å²) in [6.07, 6.45) is 2.81. The lowest BCUT2D eigenvalue weighted by Crippen LogP contribution is -2.04. The molecule has 0 aliphatic rings. The molecule has 3 rings (SSSR count). The molecule has 0 fully saturated rings. The highest BCUT2D eigenvalue weighted by Gasteiger charge is 2.15. The van der Waals surface area contributed by atoms with Crippen molar-refractivity contribution < 1.29 is 0 Å². The Morgan fingerprint density at radius 2 is 2.00 bits per heavy atom. The molecule has 2 N–H and O–H groups in total. The van der Waals surface area contributed by atoms with Crippen LogP contribution in [0.1, 0.15) is 16.8 Å². The van der Waals surface area contributed by atoms with Gasteiger partial charge in [-0.15, -0.1) is 0 Å². The van der Waals surface area contributed by atoms with Gasteiger partial charge in [-0.3, -0.25) is 4.40 Å². The third kappa shape index (κ3) is 2.43. The van der Waals surface area contributed by atoms with Gasteiger partial charge in [0.1, 0.15) is 5.65 Å². The number of nitrogens with two attached hydrogens (primary N) is 1. The Bertz CT molecular complexity index is 805. The van der Waals surface area contributed by atoms with E-state index in [-0.39, 0.29) is 0 Å². The molecule has 0 saturated heterocycles. The molecule has 0 aliphatic carbocycles. The SMILES string of the molecule is Cc1cc(-c2c(CCN)nc3c(C)cccn23)ccc1Cl. The smallest absolute Gasteiger partial charge is 0.140 e. The van der Waals surface area contributed by atoms with Crippen molar-refractivity contribution in [2.45, 2.75) is 20.3 Å². The van der Waals surface area contributed by atoms with Crippen LogP contribution in [0.25, 0.3) is 16.9 Å². The van der Waals surface area contributed by atoms with Crippen LogP contribution >= 0.6 is 11.6 Å². The number of nitrogens with zero attached hydrogens (tertiary/aromatic N) is 2. The molecule has 0 radical (unpaired) electrons. The first-order valence-corrected chi connectivity index (χ1v) is 7.42. The molecule has 21 heavy (non-hydrogen) atoms. The summed E-state index contributed by atoms with van der Waals surface area (Å²) in [6.45, 7) is 4.68. The molecule has 0 atom stereocenters. The Hall–Kier alpha value is -1.84. The number of benzene rings is 1. The van der Waals surface area contributed by atoms with Gasteiger partial charge in [-0.1, -0.05) is 23.7 Å². The summed E-state index contributed by atoms with van der Waals surface area (Å²) in [5, 5.41) is 0.782. The molecular formula is C17H18ClN3.